The van der Waals surface area contributed by atoms with Gasteiger partial charge in [0.1, 0.15) is 11.7 Å². The minimum atomic E-state index is -3.61. The molecular weight excluding hydrogens is 451 g/mol. The Kier molecular flexibility index (Phi) is 8.22. The van der Waals surface area contributed by atoms with Crippen LogP contribution in [0.2, 0.25) is 0 Å². The van der Waals surface area contributed by atoms with E-state index in [2.05, 4.69) is 4.72 Å². The highest BCUT2D eigenvalue weighted by Gasteiger charge is 2.22. The maximum atomic E-state index is 14.2. The smallest absolute Gasteiger partial charge is 0.241 e. The van der Waals surface area contributed by atoms with E-state index in [0.717, 1.165) is 28.0 Å². The SMILES string of the molecule is CCc1nc2c(-c3ccc(S(=O)(=O)NC(C)(C)C)cc3)cccc2n1CC(F)=CCN.Cl. The molecule has 0 saturated heterocycles. The summed E-state index contributed by atoms with van der Waals surface area (Å²) in [5.74, 6) is 0.472. The van der Waals surface area contributed by atoms with E-state index in [1.807, 2.05) is 29.7 Å². The highest BCUT2D eigenvalue weighted by molar-refractivity contribution is 7.89. The molecule has 9 heteroatoms. The normalized spacial score (nSPS) is 12.8. The van der Waals surface area contributed by atoms with Crippen molar-refractivity contribution in [2.75, 3.05) is 6.54 Å². The lowest BCUT2D eigenvalue weighted by Gasteiger charge is -2.20. The molecule has 0 atom stereocenters. The fraction of sp³-hybridized carbons (Fsp3) is 0.348. The van der Waals surface area contributed by atoms with Gasteiger partial charge in [-0.1, -0.05) is 31.2 Å². The molecule has 0 bridgehead atoms. The number of sulfonamides is 1. The van der Waals surface area contributed by atoms with Crippen molar-refractivity contribution >= 4 is 33.5 Å². The summed E-state index contributed by atoms with van der Waals surface area (Å²) in [5, 5.41) is 0. The molecule has 0 amide bonds. The van der Waals surface area contributed by atoms with Gasteiger partial charge in [0.2, 0.25) is 10.0 Å². The molecule has 1 heterocycles. The molecule has 6 nitrogen and oxygen atoms in total. The van der Waals surface area contributed by atoms with Crippen LogP contribution in [0, 0.1) is 0 Å². The molecule has 0 aliphatic rings. The zero-order chi connectivity index (χ0) is 22.8. The predicted molar refractivity (Wildman–Crippen MR) is 130 cm³/mol. The Hall–Kier alpha value is -2.26. The van der Waals surface area contributed by atoms with Gasteiger partial charge in [-0.15, -0.1) is 12.4 Å². The first kappa shape index (κ1) is 26.0. The molecule has 0 fully saturated rings. The molecule has 0 spiro atoms. The highest BCUT2D eigenvalue weighted by Crippen LogP contribution is 2.30. The van der Waals surface area contributed by atoms with E-state index in [1.165, 1.54) is 6.08 Å². The van der Waals surface area contributed by atoms with Gasteiger partial charge in [-0.2, -0.15) is 0 Å². The molecule has 0 saturated carbocycles. The van der Waals surface area contributed by atoms with Crippen molar-refractivity contribution in [3.63, 3.8) is 0 Å². The Morgan fingerprint density at radius 2 is 1.84 bits per heavy atom. The second kappa shape index (κ2) is 10.1. The first-order chi connectivity index (χ1) is 14.6. The number of hydrogen-bond acceptors (Lipinski definition) is 4. The Morgan fingerprint density at radius 1 is 1.19 bits per heavy atom. The number of fused-ring (bicyclic) bond motifs is 1. The number of para-hydroxylation sites is 1. The fourth-order valence-corrected chi connectivity index (χ4v) is 4.91. The van der Waals surface area contributed by atoms with Gasteiger partial charge in [0.05, 0.1) is 22.5 Å². The lowest BCUT2D eigenvalue weighted by molar-refractivity contribution is 0.491. The van der Waals surface area contributed by atoms with E-state index >= 15 is 0 Å². The van der Waals surface area contributed by atoms with E-state index in [1.54, 1.807) is 45.0 Å². The number of nitrogens with one attached hydrogen (secondary N) is 1. The molecule has 0 radical (unpaired) electrons. The quantitative estimate of drug-likeness (QED) is 0.518. The molecule has 2 aromatic carbocycles. The van der Waals surface area contributed by atoms with Crippen LogP contribution < -0.4 is 10.5 Å². The second-order valence-corrected chi connectivity index (χ2v) is 10.1. The van der Waals surface area contributed by atoms with Crippen molar-refractivity contribution in [1.82, 2.24) is 14.3 Å². The Labute approximate surface area is 195 Å². The van der Waals surface area contributed by atoms with E-state index in [-0.39, 0.29) is 36.2 Å². The van der Waals surface area contributed by atoms with Gasteiger partial charge >= 0.3 is 0 Å². The van der Waals surface area contributed by atoms with Crippen LogP contribution in [0.25, 0.3) is 22.2 Å². The summed E-state index contributed by atoms with van der Waals surface area (Å²) in [6.07, 6.45) is 2.01. The maximum Gasteiger partial charge on any atom is 0.241 e. The maximum absolute atomic E-state index is 14.2. The molecule has 3 N–H and O–H groups in total. The number of nitrogens with two attached hydrogens (primary N) is 1. The molecule has 0 aliphatic carbocycles. The number of hydrogen-bond donors (Lipinski definition) is 2. The predicted octanol–water partition coefficient (Wildman–Crippen LogP) is 4.58. The number of halogens is 2. The Morgan fingerprint density at radius 3 is 2.41 bits per heavy atom. The third-order valence-corrected chi connectivity index (χ3v) is 6.51. The van der Waals surface area contributed by atoms with Gasteiger partial charge in [-0.25, -0.2) is 22.5 Å². The number of nitrogens with zero attached hydrogens (tertiary/aromatic N) is 2. The van der Waals surface area contributed by atoms with Crippen LogP contribution in [0.5, 0.6) is 0 Å². The van der Waals surface area contributed by atoms with Crippen LogP contribution in [0.4, 0.5) is 4.39 Å². The number of aromatic nitrogens is 2. The molecule has 174 valence electrons. The average Bonchev–Trinajstić information content (AvgIpc) is 3.04. The summed E-state index contributed by atoms with van der Waals surface area (Å²) in [6.45, 7) is 7.59. The summed E-state index contributed by atoms with van der Waals surface area (Å²) in [6, 6.07) is 12.4. The topological polar surface area (TPSA) is 90.0 Å². The monoisotopic (exact) mass is 480 g/mol. The lowest BCUT2D eigenvalue weighted by atomic mass is 10.0. The van der Waals surface area contributed by atoms with Crippen molar-refractivity contribution < 1.29 is 12.8 Å². The number of rotatable bonds is 7. The standard InChI is InChI=1S/C23H29FN4O2S.ClH/c1-5-21-26-22-19(7-6-8-20(22)28(21)15-17(24)13-14-25)16-9-11-18(12-10-16)31(29,30)27-23(2,3)4;/h6-13,27H,5,14-15,25H2,1-4H3;1H. The Bertz CT molecular complexity index is 1210. The van der Waals surface area contributed by atoms with Gasteiger partial charge in [0.25, 0.3) is 0 Å². The minimum absolute atomic E-state index is 0. The number of benzene rings is 2. The van der Waals surface area contributed by atoms with Crippen LogP contribution in [-0.4, -0.2) is 30.1 Å². The van der Waals surface area contributed by atoms with Gasteiger partial charge in [-0.3, -0.25) is 0 Å². The van der Waals surface area contributed by atoms with Crippen molar-refractivity contribution in [1.29, 1.82) is 0 Å². The highest BCUT2D eigenvalue weighted by atomic mass is 35.5. The van der Waals surface area contributed by atoms with Crippen molar-refractivity contribution in [2.45, 2.75) is 51.1 Å². The number of allylic oxidation sites excluding steroid dienone is 1. The summed E-state index contributed by atoms with van der Waals surface area (Å²) >= 11 is 0. The molecule has 0 aliphatic heterocycles. The summed E-state index contributed by atoms with van der Waals surface area (Å²) in [7, 11) is -3.61. The largest absolute Gasteiger partial charge is 0.327 e. The fourth-order valence-electron chi connectivity index (χ4n) is 3.49. The second-order valence-electron chi connectivity index (χ2n) is 8.41. The summed E-state index contributed by atoms with van der Waals surface area (Å²) in [5.41, 5.74) is 8.14. The zero-order valence-corrected chi connectivity index (χ0v) is 20.4. The van der Waals surface area contributed by atoms with Gasteiger partial charge < -0.3 is 10.3 Å². The van der Waals surface area contributed by atoms with E-state index in [4.69, 9.17) is 10.7 Å². The summed E-state index contributed by atoms with van der Waals surface area (Å²) < 4.78 is 43.8. The van der Waals surface area contributed by atoms with E-state index in [0.29, 0.717) is 6.42 Å². The van der Waals surface area contributed by atoms with E-state index in [9.17, 15) is 12.8 Å². The molecule has 3 rings (SSSR count). The van der Waals surface area contributed by atoms with Crippen LogP contribution in [0.15, 0.2) is 59.3 Å². The third kappa shape index (κ3) is 5.75. The lowest BCUT2D eigenvalue weighted by Crippen LogP contribution is -2.40. The van der Waals surface area contributed by atoms with Crippen LogP contribution in [0.3, 0.4) is 0 Å². The summed E-state index contributed by atoms with van der Waals surface area (Å²) in [4.78, 5) is 4.95. The third-order valence-electron chi connectivity index (χ3n) is 4.74. The van der Waals surface area contributed by atoms with Gasteiger partial charge in [0.15, 0.2) is 0 Å². The molecule has 0 unspecified atom stereocenters. The zero-order valence-electron chi connectivity index (χ0n) is 18.7. The first-order valence-electron chi connectivity index (χ1n) is 10.2. The minimum Gasteiger partial charge on any atom is -0.327 e. The number of aryl methyl sites for hydroxylation is 1. The van der Waals surface area contributed by atoms with Crippen molar-refractivity contribution in [3.8, 4) is 11.1 Å². The van der Waals surface area contributed by atoms with Crippen LogP contribution in [0.1, 0.15) is 33.5 Å². The van der Waals surface area contributed by atoms with Crippen LogP contribution in [-0.2, 0) is 23.0 Å². The molecular formula is C23H30ClFN4O2S. The van der Waals surface area contributed by atoms with E-state index < -0.39 is 15.6 Å². The molecule has 1 aromatic heterocycles. The van der Waals surface area contributed by atoms with Gasteiger partial charge in [0, 0.05) is 24.1 Å². The Balaban J connectivity index is 0.00000363. The molecule has 32 heavy (non-hydrogen) atoms. The first-order valence-corrected chi connectivity index (χ1v) is 11.7. The van der Waals surface area contributed by atoms with Crippen molar-refractivity contribution in [3.05, 3.63) is 60.2 Å². The molecule has 3 aromatic rings. The van der Waals surface area contributed by atoms with Crippen molar-refractivity contribution in [2.24, 2.45) is 5.73 Å². The van der Waals surface area contributed by atoms with Crippen LogP contribution >= 0.6 is 12.4 Å². The average molecular weight is 481 g/mol. The van der Waals surface area contributed by atoms with Gasteiger partial charge in [-0.05, 0) is 50.6 Å². The number of imidazole rings is 1.